The summed E-state index contributed by atoms with van der Waals surface area (Å²) >= 11 is 5.76. The Labute approximate surface area is 274 Å². The first-order chi connectivity index (χ1) is 22.7. The Hall–Kier alpha value is -4.07. The van der Waals surface area contributed by atoms with Crippen molar-refractivity contribution in [2.24, 2.45) is 10.7 Å². The molecule has 47 heavy (non-hydrogen) atoms. The predicted octanol–water partition coefficient (Wildman–Crippen LogP) is 6.22. The average molecular weight is 664 g/mol. The van der Waals surface area contributed by atoms with Crippen LogP contribution < -0.4 is 21.7 Å². The highest BCUT2D eigenvalue weighted by molar-refractivity contribution is 6.29. The molecule has 0 aliphatic carbocycles. The summed E-state index contributed by atoms with van der Waals surface area (Å²) in [5.41, 5.74) is 10.3. The van der Waals surface area contributed by atoms with Gasteiger partial charge in [-0.25, -0.2) is 15.0 Å². The van der Waals surface area contributed by atoms with Gasteiger partial charge in [-0.05, 0) is 60.4 Å². The first-order valence-corrected chi connectivity index (χ1v) is 15.8. The Morgan fingerprint density at radius 2 is 1.38 bits per heavy atom. The van der Waals surface area contributed by atoms with E-state index in [1.807, 2.05) is 36.4 Å². The summed E-state index contributed by atoms with van der Waals surface area (Å²) in [5.74, 6) is 0.452. The second-order valence-corrected chi connectivity index (χ2v) is 12.4. The van der Waals surface area contributed by atoms with Crippen molar-refractivity contribution in [3.8, 4) is 0 Å². The van der Waals surface area contributed by atoms with Gasteiger partial charge in [0.25, 0.3) is 0 Å². The summed E-state index contributed by atoms with van der Waals surface area (Å²) in [6, 6.07) is 22.4. The van der Waals surface area contributed by atoms with Crippen LogP contribution in [0.15, 0.2) is 90.2 Å². The fraction of sp³-hybridized carbons (Fsp3) is 0.324. The van der Waals surface area contributed by atoms with Crippen molar-refractivity contribution < 1.29 is 22.6 Å². The number of nitrogens with two attached hydrogens (primary N) is 1. The minimum absolute atomic E-state index is 0.0746. The van der Waals surface area contributed by atoms with E-state index in [2.05, 4.69) is 43.0 Å². The molecule has 4 aromatic rings. The maximum absolute atomic E-state index is 12.5. The molecule has 13 heteroatoms. The first-order valence-electron chi connectivity index (χ1n) is 15.4. The number of pyridine rings is 2. The molecular formula is C34H33ClF3N7O2. The van der Waals surface area contributed by atoms with Crippen molar-refractivity contribution in [1.82, 2.24) is 20.6 Å². The van der Waals surface area contributed by atoms with Crippen LogP contribution in [0.25, 0.3) is 0 Å². The maximum atomic E-state index is 12.5. The van der Waals surface area contributed by atoms with E-state index in [0.29, 0.717) is 46.7 Å². The van der Waals surface area contributed by atoms with Gasteiger partial charge in [-0.1, -0.05) is 48.0 Å². The lowest BCUT2D eigenvalue weighted by Crippen LogP contribution is -2.34. The monoisotopic (exact) mass is 663 g/mol. The normalized spacial score (nSPS) is 26.3. The lowest BCUT2D eigenvalue weighted by Gasteiger charge is -2.23. The van der Waals surface area contributed by atoms with Gasteiger partial charge in [0.2, 0.25) is 0 Å². The van der Waals surface area contributed by atoms with E-state index in [9.17, 15) is 13.2 Å². The molecule has 0 spiro atoms. The number of halogens is 4. The fourth-order valence-corrected chi connectivity index (χ4v) is 6.51. The zero-order valence-corrected chi connectivity index (χ0v) is 25.9. The Morgan fingerprint density at radius 1 is 0.787 bits per heavy atom. The highest BCUT2D eigenvalue weighted by Crippen LogP contribution is 2.38. The van der Waals surface area contributed by atoms with Crippen LogP contribution in [-0.2, 0) is 15.7 Å². The number of aromatic nitrogens is 2. The van der Waals surface area contributed by atoms with Crippen LogP contribution in [0.5, 0.6) is 0 Å². The number of nitrogens with zero attached hydrogens (tertiary/aromatic N) is 3. The number of fused-ring (bicyclic) bond motifs is 4. The van der Waals surface area contributed by atoms with Crippen molar-refractivity contribution in [2.75, 3.05) is 18.4 Å². The zero-order chi connectivity index (χ0) is 32.5. The van der Waals surface area contributed by atoms with Crippen molar-refractivity contribution >= 4 is 34.5 Å². The molecule has 2 aromatic heterocycles. The lowest BCUT2D eigenvalue weighted by molar-refractivity contribution is -0.141. The summed E-state index contributed by atoms with van der Waals surface area (Å²) in [7, 11) is 0. The number of amidine groups is 1. The number of aliphatic imine (C=N–C) groups is 1. The molecule has 4 aliphatic rings. The number of hydrogen-bond acceptors (Lipinski definition) is 8. The van der Waals surface area contributed by atoms with E-state index in [1.165, 1.54) is 17.8 Å². The van der Waals surface area contributed by atoms with E-state index in [0.717, 1.165) is 48.8 Å². The molecule has 0 saturated carbocycles. The number of nitrogens with one attached hydrogen (secondary N) is 3. The first kappa shape index (κ1) is 31.5. The SMILES string of the molecule is FC(F)(F)c1ccc(Nc2ccc([C@H]3O[C@@H]4CN[C@H]3C4)cc2)cn1.NC(=Nc1ccc(Cl)nc1)c1ccc([C@H]2O[C@@H]3CN[C@H]2C3)cc1. The summed E-state index contributed by atoms with van der Waals surface area (Å²) < 4.78 is 49.5. The Morgan fingerprint density at radius 3 is 1.85 bits per heavy atom. The van der Waals surface area contributed by atoms with Gasteiger partial charge in [-0.15, -0.1) is 0 Å². The molecule has 2 aromatic carbocycles. The van der Waals surface area contributed by atoms with Crippen LogP contribution in [-0.4, -0.2) is 53.2 Å². The van der Waals surface area contributed by atoms with E-state index in [1.54, 1.807) is 18.3 Å². The summed E-state index contributed by atoms with van der Waals surface area (Å²) in [6.07, 6.45) is 1.37. The number of benzene rings is 2. The van der Waals surface area contributed by atoms with Crippen molar-refractivity contribution in [3.05, 3.63) is 113 Å². The quantitative estimate of drug-likeness (QED) is 0.109. The number of morpholine rings is 2. The molecule has 8 rings (SSSR count). The van der Waals surface area contributed by atoms with Crippen molar-refractivity contribution in [2.45, 2.75) is 55.5 Å². The second-order valence-electron chi connectivity index (χ2n) is 12.0. The van der Waals surface area contributed by atoms with Crippen LogP contribution in [0, 0.1) is 0 Å². The third kappa shape index (κ3) is 7.26. The number of rotatable bonds is 6. The number of alkyl halides is 3. The van der Waals surface area contributed by atoms with E-state index < -0.39 is 11.9 Å². The second kappa shape index (κ2) is 13.2. The molecule has 0 unspecified atom stereocenters. The van der Waals surface area contributed by atoms with Gasteiger partial charge in [-0.2, -0.15) is 13.2 Å². The molecule has 5 N–H and O–H groups in total. The van der Waals surface area contributed by atoms with E-state index >= 15 is 0 Å². The molecule has 6 heterocycles. The molecule has 4 saturated heterocycles. The summed E-state index contributed by atoms with van der Waals surface area (Å²) in [5, 5.41) is 10.4. The summed E-state index contributed by atoms with van der Waals surface area (Å²) in [6.45, 7) is 1.88. The van der Waals surface area contributed by atoms with Crippen LogP contribution >= 0.6 is 11.6 Å². The molecule has 4 fully saturated rings. The molecule has 6 atom stereocenters. The topological polar surface area (TPSA) is 119 Å². The Kier molecular flexibility index (Phi) is 8.86. The smallest absolute Gasteiger partial charge is 0.383 e. The van der Waals surface area contributed by atoms with Crippen molar-refractivity contribution in [1.29, 1.82) is 0 Å². The minimum Gasteiger partial charge on any atom is -0.383 e. The van der Waals surface area contributed by atoms with Gasteiger partial charge >= 0.3 is 6.18 Å². The van der Waals surface area contributed by atoms with Crippen LogP contribution in [0.3, 0.4) is 0 Å². The standard InChI is InChI=1S/C17H17ClN4O.C17H16F3N3O/c18-15-6-5-12(8-21-15)22-17(19)11-3-1-10(2-4-11)16-14-7-13(23-16)9-20-14;18-17(19,20)15-6-5-12(8-22-15)23-11-3-1-10(2-4-11)16-14-7-13(24-16)9-21-14/h1-6,8,13-14,16,20H,7,9H2,(H2,19,22);1-6,8,13-14,16,21,23H,7,9H2/t2*13-,14-,16+/m00/s1. The largest absolute Gasteiger partial charge is 0.433 e. The van der Waals surface area contributed by atoms with Crippen LogP contribution in [0.4, 0.5) is 30.2 Å². The average Bonchev–Trinajstić information content (AvgIpc) is 3.90. The van der Waals surface area contributed by atoms with Gasteiger partial charge in [0.1, 0.15) is 16.7 Å². The van der Waals surface area contributed by atoms with Crippen molar-refractivity contribution in [3.63, 3.8) is 0 Å². The number of hydrogen-bond donors (Lipinski definition) is 4. The zero-order valence-electron chi connectivity index (χ0n) is 25.1. The van der Waals surface area contributed by atoms with Gasteiger partial charge in [-0.3, -0.25) is 0 Å². The fourth-order valence-electron chi connectivity index (χ4n) is 6.40. The van der Waals surface area contributed by atoms with Gasteiger partial charge in [0, 0.05) is 36.4 Å². The van der Waals surface area contributed by atoms with Crippen LogP contribution in [0.2, 0.25) is 5.15 Å². The molecule has 0 radical (unpaired) electrons. The third-order valence-electron chi connectivity index (χ3n) is 8.74. The highest BCUT2D eigenvalue weighted by atomic mass is 35.5. The molecule has 4 aliphatic heterocycles. The summed E-state index contributed by atoms with van der Waals surface area (Å²) in [4.78, 5) is 11.8. The maximum Gasteiger partial charge on any atom is 0.433 e. The molecule has 9 nitrogen and oxygen atoms in total. The lowest BCUT2D eigenvalue weighted by atomic mass is 10.0. The predicted molar refractivity (Wildman–Crippen MR) is 173 cm³/mol. The van der Waals surface area contributed by atoms with Crippen LogP contribution in [0.1, 0.15) is 47.4 Å². The Bertz CT molecular complexity index is 1700. The van der Waals surface area contributed by atoms with E-state index in [-0.39, 0.29) is 12.2 Å². The minimum atomic E-state index is -4.42. The molecular weight excluding hydrogens is 631 g/mol. The third-order valence-corrected chi connectivity index (χ3v) is 8.96. The Balaban J connectivity index is 0.000000150. The van der Waals surface area contributed by atoms with Gasteiger partial charge in [0.05, 0.1) is 48.2 Å². The molecule has 0 amide bonds. The molecule has 244 valence electrons. The number of ether oxygens (including phenoxy) is 2. The van der Waals surface area contributed by atoms with Gasteiger partial charge in [0.15, 0.2) is 0 Å². The highest BCUT2D eigenvalue weighted by Gasteiger charge is 2.42. The van der Waals surface area contributed by atoms with E-state index in [4.69, 9.17) is 26.8 Å². The van der Waals surface area contributed by atoms with Gasteiger partial charge < -0.3 is 31.2 Å². The molecule has 4 bridgehead atoms. The number of anilines is 2.